The number of aromatic nitrogens is 4. The van der Waals surface area contributed by atoms with Gasteiger partial charge < -0.3 is 10.3 Å². The maximum atomic E-state index is 4.42. The number of imidazole rings is 1. The molecule has 5 heteroatoms. The van der Waals surface area contributed by atoms with E-state index in [4.69, 9.17) is 0 Å². The molecule has 15 heavy (non-hydrogen) atoms. The van der Waals surface area contributed by atoms with Gasteiger partial charge in [-0.15, -0.1) is 0 Å². The second kappa shape index (κ2) is 4.25. The topological polar surface area (TPSA) is 66.5 Å². The van der Waals surface area contributed by atoms with Gasteiger partial charge in [0.1, 0.15) is 11.3 Å². The molecule has 5 nitrogen and oxygen atoms in total. The molecular formula is C10H15N5. The third-order valence-corrected chi connectivity index (χ3v) is 2.18. The Kier molecular flexibility index (Phi) is 2.80. The first-order chi connectivity index (χ1) is 7.35. The van der Waals surface area contributed by atoms with Crippen molar-refractivity contribution >= 4 is 17.0 Å². The molecule has 0 atom stereocenters. The lowest BCUT2D eigenvalue weighted by Crippen LogP contribution is -2.05. The molecule has 0 aromatic carbocycles. The van der Waals surface area contributed by atoms with Crippen LogP contribution in [0.4, 0.5) is 5.82 Å². The number of H-pyrrole nitrogens is 1. The number of nitrogens with zero attached hydrogens (tertiary/aromatic N) is 3. The second-order valence-corrected chi connectivity index (χ2v) is 3.37. The number of rotatable bonds is 4. The monoisotopic (exact) mass is 205 g/mol. The minimum atomic E-state index is 0.806. The summed E-state index contributed by atoms with van der Waals surface area (Å²) >= 11 is 0. The fourth-order valence-corrected chi connectivity index (χ4v) is 1.41. The maximum absolute atomic E-state index is 4.42. The Morgan fingerprint density at radius 2 is 2.20 bits per heavy atom. The number of aryl methyl sites for hydroxylation is 1. The van der Waals surface area contributed by atoms with Gasteiger partial charge in [-0.25, -0.2) is 15.0 Å². The zero-order valence-electron chi connectivity index (χ0n) is 9.04. The summed E-state index contributed by atoms with van der Waals surface area (Å²) in [5, 5.41) is 3.26. The van der Waals surface area contributed by atoms with E-state index in [1.54, 1.807) is 6.33 Å². The van der Waals surface area contributed by atoms with E-state index in [9.17, 15) is 0 Å². The Morgan fingerprint density at radius 1 is 1.33 bits per heavy atom. The highest BCUT2D eigenvalue weighted by molar-refractivity contribution is 5.82. The Labute approximate surface area is 88.4 Å². The van der Waals surface area contributed by atoms with E-state index in [1.165, 1.54) is 0 Å². The number of hydrogen-bond donors (Lipinski definition) is 2. The van der Waals surface area contributed by atoms with E-state index in [0.29, 0.717) is 0 Å². The standard InChI is InChI=1S/C10H15N5/c1-3-5-11-9-8-10(13-6-12-8)15-7(4-2)14-9/h6H,3-5H2,1-2H3,(H2,11,12,13,14,15). The van der Waals surface area contributed by atoms with E-state index in [2.05, 4.69) is 32.2 Å². The smallest absolute Gasteiger partial charge is 0.163 e. The fraction of sp³-hybridized carbons (Fsp3) is 0.500. The first-order valence-electron chi connectivity index (χ1n) is 5.29. The van der Waals surface area contributed by atoms with Crippen molar-refractivity contribution in [3.05, 3.63) is 12.2 Å². The molecule has 2 rings (SSSR count). The molecule has 0 saturated heterocycles. The molecule has 0 aliphatic heterocycles. The Balaban J connectivity index is 2.43. The van der Waals surface area contributed by atoms with Crippen LogP contribution in [0.25, 0.3) is 11.2 Å². The SMILES string of the molecule is CCCNc1nc(CC)nc2[nH]cnc12. The van der Waals surface area contributed by atoms with Gasteiger partial charge in [-0.2, -0.15) is 0 Å². The minimum Gasteiger partial charge on any atom is -0.368 e. The summed E-state index contributed by atoms with van der Waals surface area (Å²) in [5.74, 6) is 1.67. The quantitative estimate of drug-likeness (QED) is 0.797. The number of aromatic amines is 1. The van der Waals surface area contributed by atoms with E-state index in [-0.39, 0.29) is 0 Å². The van der Waals surface area contributed by atoms with Crippen molar-refractivity contribution in [1.29, 1.82) is 0 Å². The van der Waals surface area contributed by atoms with Crippen molar-refractivity contribution < 1.29 is 0 Å². The van der Waals surface area contributed by atoms with Crippen LogP contribution in [-0.4, -0.2) is 26.5 Å². The first kappa shape index (κ1) is 9.89. The summed E-state index contributed by atoms with van der Waals surface area (Å²) in [6.45, 7) is 5.07. The summed E-state index contributed by atoms with van der Waals surface area (Å²) in [4.78, 5) is 16.0. The van der Waals surface area contributed by atoms with Crippen LogP contribution in [0.1, 0.15) is 26.1 Å². The molecule has 0 amide bonds. The average molecular weight is 205 g/mol. The molecular weight excluding hydrogens is 190 g/mol. The van der Waals surface area contributed by atoms with Gasteiger partial charge in [0.15, 0.2) is 11.5 Å². The number of nitrogens with one attached hydrogen (secondary N) is 2. The maximum Gasteiger partial charge on any atom is 0.163 e. The molecule has 2 aromatic heterocycles. The highest BCUT2D eigenvalue weighted by Gasteiger charge is 2.07. The molecule has 80 valence electrons. The summed E-state index contributed by atoms with van der Waals surface area (Å²) in [6.07, 6.45) is 3.54. The number of anilines is 1. The molecule has 2 N–H and O–H groups in total. The van der Waals surface area contributed by atoms with E-state index >= 15 is 0 Å². The zero-order valence-corrected chi connectivity index (χ0v) is 9.04. The van der Waals surface area contributed by atoms with Crippen molar-refractivity contribution in [2.75, 3.05) is 11.9 Å². The number of fused-ring (bicyclic) bond motifs is 1. The van der Waals surface area contributed by atoms with Gasteiger partial charge in [0, 0.05) is 13.0 Å². The largest absolute Gasteiger partial charge is 0.368 e. The molecule has 0 bridgehead atoms. The van der Waals surface area contributed by atoms with Gasteiger partial charge in [0.2, 0.25) is 0 Å². The zero-order chi connectivity index (χ0) is 10.7. The third-order valence-electron chi connectivity index (χ3n) is 2.18. The molecule has 2 aromatic rings. The normalized spacial score (nSPS) is 10.8. The van der Waals surface area contributed by atoms with E-state index in [0.717, 1.165) is 42.2 Å². The summed E-state index contributed by atoms with van der Waals surface area (Å²) < 4.78 is 0. The van der Waals surface area contributed by atoms with Crippen molar-refractivity contribution in [3.63, 3.8) is 0 Å². The molecule has 0 aliphatic rings. The van der Waals surface area contributed by atoms with Gasteiger partial charge in [0.05, 0.1) is 6.33 Å². The molecule has 0 aliphatic carbocycles. The molecule has 0 radical (unpaired) electrons. The van der Waals surface area contributed by atoms with Crippen LogP contribution in [0, 0.1) is 0 Å². The van der Waals surface area contributed by atoms with Crippen molar-refractivity contribution in [3.8, 4) is 0 Å². The van der Waals surface area contributed by atoms with Crippen molar-refractivity contribution in [2.45, 2.75) is 26.7 Å². The van der Waals surface area contributed by atoms with E-state index in [1.807, 2.05) is 6.92 Å². The predicted octanol–water partition coefficient (Wildman–Crippen LogP) is 1.74. The lowest BCUT2D eigenvalue weighted by atomic mass is 10.4. The minimum absolute atomic E-state index is 0.806. The Bertz CT molecular complexity index is 448. The molecule has 0 unspecified atom stereocenters. The lowest BCUT2D eigenvalue weighted by molar-refractivity contribution is 0.929. The Morgan fingerprint density at radius 3 is 2.93 bits per heavy atom. The van der Waals surface area contributed by atoms with Crippen LogP contribution in [-0.2, 0) is 6.42 Å². The van der Waals surface area contributed by atoms with Crippen LogP contribution in [0.15, 0.2) is 6.33 Å². The Hall–Kier alpha value is -1.65. The number of hydrogen-bond acceptors (Lipinski definition) is 4. The van der Waals surface area contributed by atoms with Crippen LogP contribution in [0.3, 0.4) is 0 Å². The molecule has 0 spiro atoms. The summed E-state index contributed by atoms with van der Waals surface area (Å²) in [7, 11) is 0. The molecule has 0 fully saturated rings. The molecule has 2 heterocycles. The van der Waals surface area contributed by atoms with Crippen LogP contribution >= 0.6 is 0 Å². The van der Waals surface area contributed by atoms with Crippen LogP contribution in [0.2, 0.25) is 0 Å². The van der Waals surface area contributed by atoms with Gasteiger partial charge in [-0.3, -0.25) is 0 Å². The highest BCUT2D eigenvalue weighted by Crippen LogP contribution is 2.16. The fourth-order valence-electron chi connectivity index (χ4n) is 1.41. The second-order valence-electron chi connectivity index (χ2n) is 3.37. The van der Waals surface area contributed by atoms with Crippen LogP contribution in [0.5, 0.6) is 0 Å². The summed E-state index contributed by atoms with van der Waals surface area (Å²) in [6, 6.07) is 0. The highest BCUT2D eigenvalue weighted by atomic mass is 15.1. The summed E-state index contributed by atoms with van der Waals surface area (Å²) in [5.41, 5.74) is 1.63. The average Bonchev–Trinajstić information content (AvgIpc) is 2.73. The van der Waals surface area contributed by atoms with Crippen LogP contribution < -0.4 is 5.32 Å². The van der Waals surface area contributed by atoms with Crippen molar-refractivity contribution in [2.24, 2.45) is 0 Å². The van der Waals surface area contributed by atoms with Gasteiger partial charge >= 0.3 is 0 Å². The third kappa shape index (κ3) is 1.91. The molecule has 0 saturated carbocycles. The van der Waals surface area contributed by atoms with Gasteiger partial charge in [-0.1, -0.05) is 13.8 Å². The van der Waals surface area contributed by atoms with Gasteiger partial charge in [-0.05, 0) is 6.42 Å². The van der Waals surface area contributed by atoms with Gasteiger partial charge in [0.25, 0.3) is 0 Å². The van der Waals surface area contributed by atoms with Crippen molar-refractivity contribution in [1.82, 2.24) is 19.9 Å². The predicted molar refractivity (Wildman–Crippen MR) is 59.8 cm³/mol. The first-order valence-corrected chi connectivity index (χ1v) is 5.29. The lowest BCUT2D eigenvalue weighted by Gasteiger charge is -2.05. The van der Waals surface area contributed by atoms with E-state index < -0.39 is 0 Å².